The minimum Gasteiger partial charge on any atom is -0.497 e. The number of nitrogens with zero attached hydrogens (tertiary/aromatic N) is 1. The van der Waals surface area contributed by atoms with E-state index < -0.39 is 6.04 Å². The standard InChI is InChI=1S/C32H39BrN2O4/c1-22(2)34-31(37)28(18-23-11-8-7-9-12-23)35(20-24-13-10-14-26(17-24)38-6)30(36)21-39-29-16-15-25(19-27(29)33)32(3,4)5/h7-17,19,22,28H,18,20-21H2,1-6H3,(H,34,37)/t28-/m0/s1. The highest BCUT2D eigenvalue weighted by atomic mass is 79.9. The van der Waals surface area contributed by atoms with Crippen molar-refractivity contribution >= 4 is 27.7 Å². The van der Waals surface area contributed by atoms with Gasteiger partial charge in [-0.2, -0.15) is 0 Å². The number of benzene rings is 3. The molecule has 0 saturated carbocycles. The van der Waals surface area contributed by atoms with Gasteiger partial charge in [0.25, 0.3) is 5.91 Å². The zero-order valence-electron chi connectivity index (χ0n) is 23.7. The number of carbonyl (C=O) groups excluding carboxylic acids is 2. The lowest BCUT2D eigenvalue weighted by Gasteiger charge is -2.32. The molecule has 0 spiro atoms. The van der Waals surface area contributed by atoms with Crippen molar-refractivity contribution in [2.75, 3.05) is 13.7 Å². The molecule has 0 heterocycles. The van der Waals surface area contributed by atoms with Gasteiger partial charge in [0.2, 0.25) is 5.91 Å². The molecule has 3 aromatic rings. The predicted octanol–water partition coefficient (Wildman–Crippen LogP) is 6.30. The molecular weight excluding hydrogens is 556 g/mol. The summed E-state index contributed by atoms with van der Waals surface area (Å²) in [6, 6.07) is 22.4. The maximum absolute atomic E-state index is 13.8. The van der Waals surface area contributed by atoms with Gasteiger partial charge in [-0.05, 0) is 76.1 Å². The number of nitrogens with one attached hydrogen (secondary N) is 1. The van der Waals surface area contributed by atoms with Crippen LogP contribution in [0.25, 0.3) is 0 Å². The van der Waals surface area contributed by atoms with Gasteiger partial charge in [-0.15, -0.1) is 0 Å². The minimum absolute atomic E-state index is 0.0150. The summed E-state index contributed by atoms with van der Waals surface area (Å²) < 4.78 is 12.2. The average Bonchev–Trinajstić information content (AvgIpc) is 2.89. The van der Waals surface area contributed by atoms with Crippen molar-refractivity contribution in [3.8, 4) is 11.5 Å². The topological polar surface area (TPSA) is 67.9 Å². The Morgan fingerprint density at radius 1 is 0.949 bits per heavy atom. The Bertz CT molecular complexity index is 1250. The summed E-state index contributed by atoms with van der Waals surface area (Å²) in [5.41, 5.74) is 2.96. The second-order valence-electron chi connectivity index (χ2n) is 10.9. The first-order chi connectivity index (χ1) is 18.5. The lowest BCUT2D eigenvalue weighted by Crippen LogP contribution is -2.52. The zero-order valence-corrected chi connectivity index (χ0v) is 25.2. The first-order valence-electron chi connectivity index (χ1n) is 13.2. The van der Waals surface area contributed by atoms with E-state index in [4.69, 9.17) is 9.47 Å². The summed E-state index contributed by atoms with van der Waals surface area (Å²) in [5, 5.41) is 3.00. The quantitative estimate of drug-likeness (QED) is 0.283. The van der Waals surface area contributed by atoms with Crippen LogP contribution in [0.4, 0.5) is 0 Å². The molecule has 7 heteroatoms. The Morgan fingerprint density at radius 2 is 1.64 bits per heavy atom. The van der Waals surface area contributed by atoms with E-state index in [0.29, 0.717) is 17.9 Å². The highest BCUT2D eigenvalue weighted by Gasteiger charge is 2.31. The molecule has 0 aliphatic carbocycles. The van der Waals surface area contributed by atoms with Crippen molar-refractivity contribution in [1.29, 1.82) is 0 Å². The molecule has 0 fully saturated rings. The number of ether oxygens (including phenoxy) is 2. The number of halogens is 1. The molecule has 3 rings (SSSR count). The summed E-state index contributed by atoms with van der Waals surface area (Å²) in [6.07, 6.45) is 0.374. The van der Waals surface area contributed by atoms with E-state index in [1.807, 2.05) is 86.6 Å². The van der Waals surface area contributed by atoms with Gasteiger partial charge in [0, 0.05) is 19.0 Å². The van der Waals surface area contributed by atoms with Crippen LogP contribution in [0.5, 0.6) is 11.5 Å². The summed E-state index contributed by atoms with van der Waals surface area (Å²) in [7, 11) is 1.60. The number of hydrogen-bond donors (Lipinski definition) is 1. The molecule has 0 aromatic heterocycles. The van der Waals surface area contributed by atoms with Gasteiger partial charge in [-0.1, -0.05) is 69.3 Å². The van der Waals surface area contributed by atoms with Crippen LogP contribution in [0, 0.1) is 0 Å². The van der Waals surface area contributed by atoms with Gasteiger partial charge >= 0.3 is 0 Å². The van der Waals surface area contributed by atoms with E-state index in [1.54, 1.807) is 12.0 Å². The Labute approximate surface area is 240 Å². The van der Waals surface area contributed by atoms with E-state index >= 15 is 0 Å². The first kappa shape index (κ1) is 30.2. The second-order valence-corrected chi connectivity index (χ2v) is 11.8. The highest BCUT2D eigenvalue weighted by molar-refractivity contribution is 9.10. The number of carbonyl (C=O) groups is 2. The van der Waals surface area contributed by atoms with Gasteiger partial charge in [-0.25, -0.2) is 0 Å². The SMILES string of the molecule is COc1cccc(CN(C(=O)COc2ccc(C(C)(C)C)cc2Br)[C@@H](Cc2ccccc2)C(=O)NC(C)C)c1. The lowest BCUT2D eigenvalue weighted by molar-refractivity contribution is -0.143. The van der Waals surface area contributed by atoms with Gasteiger partial charge in [-0.3, -0.25) is 9.59 Å². The molecule has 208 valence electrons. The summed E-state index contributed by atoms with van der Waals surface area (Å²) >= 11 is 3.59. The van der Waals surface area contributed by atoms with Crippen LogP contribution < -0.4 is 14.8 Å². The van der Waals surface area contributed by atoms with Crippen LogP contribution in [0.15, 0.2) is 77.3 Å². The van der Waals surface area contributed by atoms with Crippen LogP contribution in [0.1, 0.15) is 51.3 Å². The summed E-state index contributed by atoms with van der Waals surface area (Å²) in [4.78, 5) is 28.9. The van der Waals surface area contributed by atoms with E-state index in [1.165, 1.54) is 0 Å². The smallest absolute Gasteiger partial charge is 0.261 e. The van der Waals surface area contributed by atoms with E-state index in [0.717, 1.165) is 21.2 Å². The van der Waals surface area contributed by atoms with E-state index in [-0.39, 0.29) is 36.4 Å². The summed E-state index contributed by atoms with van der Waals surface area (Å²) in [5.74, 6) is 0.763. The van der Waals surface area contributed by atoms with Crippen molar-refractivity contribution in [3.05, 3.63) is 94.0 Å². The normalized spacial score (nSPS) is 12.1. The van der Waals surface area contributed by atoms with Crippen LogP contribution in [0.3, 0.4) is 0 Å². The van der Waals surface area contributed by atoms with E-state index in [2.05, 4.69) is 42.0 Å². The molecule has 0 unspecified atom stereocenters. The number of methoxy groups -OCH3 is 1. The number of hydrogen-bond acceptors (Lipinski definition) is 4. The maximum Gasteiger partial charge on any atom is 0.261 e. The molecule has 0 saturated heterocycles. The van der Waals surface area contributed by atoms with Gasteiger partial charge in [0.15, 0.2) is 6.61 Å². The predicted molar refractivity (Wildman–Crippen MR) is 159 cm³/mol. The van der Waals surface area contributed by atoms with Crippen LogP contribution >= 0.6 is 15.9 Å². The lowest BCUT2D eigenvalue weighted by atomic mass is 9.87. The van der Waals surface area contributed by atoms with Crippen molar-refractivity contribution < 1.29 is 19.1 Å². The van der Waals surface area contributed by atoms with Crippen LogP contribution in [-0.2, 0) is 28.0 Å². The fourth-order valence-electron chi connectivity index (χ4n) is 4.21. The Kier molecular flexibility index (Phi) is 10.6. The molecule has 0 aliphatic heterocycles. The van der Waals surface area contributed by atoms with Crippen molar-refractivity contribution in [2.45, 2.75) is 65.1 Å². The third-order valence-corrected chi connectivity index (χ3v) is 6.96. The highest BCUT2D eigenvalue weighted by Crippen LogP contribution is 2.31. The van der Waals surface area contributed by atoms with Crippen LogP contribution in [0.2, 0.25) is 0 Å². The van der Waals surface area contributed by atoms with Gasteiger partial charge in [0.05, 0.1) is 11.6 Å². The second kappa shape index (κ2) is 13.7. The Balaban J connectivity index is 1.92. The fraction of sp³-hybridized carbons (Fsp3) is 0.375. The molecule has 1 N–H and O–H groups in total. The summed E-state index contributed by atoms with van der Waals surface area (Å²) in [6.45, 7) is 10.3. The molecule has 3 aromatic carbocycles. The third kappa shape index (κ3) is 8.85. The van der Waals surface area contributed by atoms with Crippen molar-refractivity contribution in [2.24, 2.45) is 0 Å². The fourth-order valence-corrected chi connectivity index (χ4v) is 4.70. The molecule has 1 atom stereocenters. The Morgan fingerprint density at radius 3 is 2.26 bits per heavy atom. The zero-order chi connectivity index (χ0) is 28.6. The molecule has 0 bridgehead atoms. The monoisotopic (exact) mass is 594 g/mol. The maximum atomic E-state index is 13.8. The van der Waals surface area contributed by atoms with Gasteiger partial charge < -0.3 is 19.7 Å². The number of rotatable bonds is 11. The molecule has 0 radical (unpaired) electrons. The van der Waals surface area contributed by atoms with Gasteiger partial charge in [0.1, 0.15) is 17.5 Å². The van der Waals surface area contributed by atoms with Crippen molar-refractivity contribution in [3.63, 3.8) is 0 Å². The van der Waals surface area contributed by atoms with E-state index in [9.17, 15) is 9.59 Å². The van der Waals surface area contributed by atoms with Crippen LogP contribution in [-0.4, -0.2) is 42.5 Å². The largest absolute Gasteiger partial charge is 0.497 e. The average molecular weight is 596 g/mol. The molecule has 2 amide bonds. The molecule has 6 nitrogen and oxygen atoms in total. The first-order valence-corrected chi connectivity index (χ1v) is 14.0. The molecule has 0 aliphatic rings. The molecular formula is C32H39BrN2O4. The number of amides is 2. The minimum atomic E-state index is -0.733. The molecule has 39 heavy (non-hydrogen) atoms. The van der Waals surface area contributed by atoms with Crippen molar-refractivity contribution in [1.82, 2.24) is 10.2 Å². The Hall–Kier alpha value is -3.32. The third-order valence-electron chi connectivity index (χ3n) is 6.34.